The molecule has 0 spiro atoms. The Balaban J connectivity index is 1.22. The number of aryl methyl sites for hydroxylation is 1. The molecule has 0 radical (unpaired) electrons. The van der Waals surface area contributed by atoms with Crippen LogP contribution in [0.25, 0.3) is 0 Å². The van der Waals surface area contributed by atoms with E-state index in [9.17, 15) is 4.79 Å². The average Bonchev–Trinajstić information content (AvgIpc) is 2.74. The van der Waals surface area contributed by atoms with Gasteiger partial charge in [0.05, 0.1) is 0 Å². The average molecular weight is 366 g/mol. The highest BCUT2D eigenvalue weighted by atomic mass is 16.6. The molecule has 4 rings (SSSR count). The van der Waals surface area contributed by atoms with Crippen molar-refractivity contribution in [3.05, 3.63) is 54.1 Å². The topological polar surface area (TPSA) is 42.0 Å². The minimum atomic E-state index is 0.264. The Morgan fingerprint density at radius 2 is 1.63 bits per heavy atom. The zero-order chi connectivity index (χ0) is 18.5. The number of rotatable bonds is 5. The molecule has 0 aromatic heterocycles. The van der Waals surface area contributed by atoms with Gasteiger partial charge < -0.3 is 19.3 Å². The molecule has 5 heteroatoms. The number of carbonyl (C=O) groups excluding carboxylic acids is 1. The van der Waals surface area contributed by atoms with Crippen LogP contribution < -0.4 is 14.4 Å². The van der Waals surface area contributed by atoms with Crippen molar-refractivity contribution < 1.29 is 14.3 Å². The van der Waals surface area contributed by atoms with Gasteiger partial charge in [-0.05, 0) is 42.7 Å². The first-order valence-electron chi connectivity index (χ1n) is 9.76. The van der Waals surface area contributed by atoms with E-state index in [1.165, 1.54) is 11.3 Å². The molecule has 5 nitrogen and oxygen atoms in total. The lowest BCUT2D eigenvalue weighted by Crippen LogP contribution is -2.48. The summed E-state index contributed by atoms with van der Waals surface area (Å²) in [4.78, 5) is 16.9. The van der Waals surface area contributed by atoms with E-state index in [-0.39, 0.29) is 5.91 Å². The number of hydrogen-bond acceptors (Lipinski definition) is 4. The highest BCUT2D eigenvalue weighted by molar-refractivity contribution is 5.76. The molecule has 0 aliphatic carbocycles. The maximum atomic E-state index is 12.5. The van der Waals surface area contributed by atoms with Crippen LogP contribution in [0.2, 0.25) is 0 Å². The van der Waals surface area contributed by atoms with E-state index < -0.39 is 0 Å². The molecule has 2 aliphatic rings. The highest BCUT2D eigenvalue weighted by Crippen LogP contribution is 2.31. The predicted molar refractivity (Wildman–Crippen MR) is 106 cm³/mol. The second-order valence-corrected chi connectivity index (χ2v) is 7.03. The molecule has 1 amide bonds. The van der Waals surface area contributed by atoms with E-state index in [0.29, 0.717) is 19.6 Å². The fourth-order valence-electron chi connectivity index (χ4n) is 3.70. The zero-order valence-corrected chi connectivity index (χ0v) is 15.6. The van der Waals surface area contributed by atoms with E-state index in [4.69, 9.17) is 9.47 Å². The number of carbonyl (C=O) groups is 1. The number of benzene rings is 2. The largest absolute Gasteiger partial charge is 0.486 e. The minimum absolute atomic E-state index is 0.264. The second-order valence-electron chi connectivity index (χ2n) is 7.03. The van der Waals surface area contributed by atoms with Crippen molar-refractivity contribution in [2.24, 2.45) is 0 Å². The molecule has 1 saturated heterocycles. The van der Waals surface area contributed by atoms with Crippen molar-refractivity contribution in [3.63, 3.8) is 0 Å². The summed E-state index contributed by atoms with van der Waals surface area (Å²) in [5.41, 5.74) is 2.43. The van der Waals surface area contributed by atoms with Gasteiger partial charge in [-0.2, -0.15) is 0 Å². The summed E-state index contributed by atoms with van der Waals surface area (Å²) in [5.74, 6) is 1.90. The third kappa shape index (κ3) is 4.35. The van der Waals surface area contributed by atoms with Crippen LogP contribution >= 0.6 is 0 Å². The van der Waals surface area contributed by atoms with Crippen molar-refractivity contribution in [3.8, 4) is 11.5 Å². The molecule has 0 N–H and O–H groups in total. The van der Waals surface area contributed by atoms with Gasteiger partial charge in [0.15, 0.2) is 11.5 Å². The number of para-hydroxylation sites is 1. The highest BCUT2D eigenvalue weighted by Gasteiger charge is 2.21. The van der Waals surface area contributed by atoms with Crippen molar-refractivity contribution >= 4 is 11.6 Å². The minimum Gasteiger partial charge on any atom is -0.486 e. The fraction of sp³-hybridized carbons (Fsp3) is 0.409. The summed E-state index contributed by atoms with van der Waals surface area (Å²) >= 11 is 0. The van der Waals surface area contributed by atoms with E-state index >= 15 is 0 Å². The standard InChI is InChI=1S/C22H26N2O3/c25-22(24-13-11-23(12-14-24)19-6-2-1-3-7-19)8-4-5-18-9-10-20-21(17-18)27-16-15-26-20/h1-3,6-7,9-10,17H,4-5,8,11-16H2. The van der Waals surface area contributed by atoms with Gasteiger partial charge in [0, 0.05) is 38.3 Å². The molecule has 1 fully saturated rings. The lowest BCUT2D eigenvalue weighted by molar-refractivity contribution is -0.131. The second kappa shape index (κ2) is 8.33. The molecular formula is C22H26N2O3. The van der Waals surface area contributed by atoms with Crippen LogP contribution in [-0.2, 0) is 11.2 Å². The van der Waals surface area contributed by atoms with Crippen LogP contribution in [0.4, 0.5) is 5.69 Å². The normalized spacial score (nSPS) is 16.3. The van der Waals surface area contributed by atoms with Crippen LogP contribution in [0, 0.1) is 0 Å². The number of nitrogens with zero attached hydrogens (tertiary/aromatic N) is 2. The quantitative estimate of drug-likeness (QED) is 0.815. The van der Waals surface area contributed by atoms with E-state index in [0.717, 1.165) is 50.5 Å². The Morgan fingerprint density at radius 3 is 2.41 bits per heavy atom. The van der Waals surface area contributed by atoms with Crippen molar-refractivity contribution in [2.75, 3.05) is 44.3 Å². The number of ether oxygens (including phenoxy) is 2. The van der Waals surface area contributed by atoms with Crippen LogP contribution in [0.5, 0.6) is 11.5 Å². The van der Waals surface area contributed by atoms with Crippen LogP contribution in [0.15, 0.2) is 48.5 Å². The number of hydrogen-bond donors (Lipinski definition) is 0. The summed E-state index contributed by atoms with van der Waals surface area (Å²) in [6, 6.07) is 16.5. The molecule has 27 heavy (non-hydrogen) atoms. The SMILES string of the molecule is O=C(CCCc1ccc2c(c1)OCCO2)N1CCN(c2ccccc2)CC1. The fourth-order valence-corrected chi connectivity index (χ4v) is 3.70. The first kappa shape index (κ1) is 17.7. The molecule has 0 saturated carbocycles. The van der Waals surface area contributed by atoms with Gasteiger partial charge in [0.1, 0.15) is 13.2 Å². The summed E-state index contributed by atoms with van der Waals surface area (Å²) in [7, 11) is 0. The Morgan fingerprint density at radius 1 is 0.889 bits per heavy atom. The number of fused-ring (bicyclic) bond motifs is 1. The van der Waals surface area contributed by atoms with Gasteiger partial charge in [-0.1, -0.05) is 24.3 Å². The molecular weight excluding hydrogens is 340 g/mol. The van der Waals surface area contributed by atoms with E-state index in [1.54, 1.807) is 0 Å². The molecule has 0 bridgehead atoms. The van der Waals surface area contributed by atoms with Gasteiger partial charge in [-0.25, -0.2) is 0 Å². The Kier molecular flexibility index (Phi) is 5.47. The predicted octanol–water partition coefficient (Wildman–Crippen LogP) is 3.13. The van der Waals surface area contributed by atoms with E-state index in [1.807, 2.05) is 23.1 Å². The molecule has 142 valence electrons. The third-order valence-electron chi connectivity index (χ3n) is 5.22. The van der Waals surface area contributed by atoms with Crippen LogP contribution in [0.3, 0.4) is 0 Å². The lowest BCUT2D eigenvalue weighted by Gasteiger charge is -2.36. The Hall–Kier alpha value is -2.69. The van der Waals surface area contributed by atoms with Crippen molar-refractivity contribution in [2.45, 2.75) is 19.3 Å². The van der Waals surface area contributed by atoms with Crippen molar-refractivity contribution in [1.82, 2.24) is 4.90 Å². The van der Waals surface area contributed by atoms with Gasteiger partial charge >= 0.3 is 0 Å². The zero-order valence-electron chi connectivity index (χ0n) is 15.6. The van der Waals surface area contributed by atoms with Gasteiger partial charge in [0.25, 0.3) is 0 Å². The smallest absolute Gasteiger partial charge is 0.222 e. The first-order chi connectivity index (χ1) is 13.3. The number of anilines is 1. The number of piperazine rings is 1. The maximum Gasteiger partial charge on any atom is 0.222 e. The Labute approximate surface area is 160 Å². The molecule has 2 aromatic carbocycles. The molecule has 2 aromatic rings. The molecule has 0 unspecified atom stereocenters. The molecule has 0 atom stereocenters. The maximum absolute atomic E-state index is 12.5. The summed E-state index contributed by atoms with van der Waals surface area (Å²) in [5, 5.41) is 0. The molecule has 2 aliphatic heterocycles. The van der Waals surface area contributed by atoms with Gasteiger partial charge in [0.2, 0.25) is 5.91 Å². The third-order valence-corrected chi connectivity index (χ3v) is 5.22. The van der Waals surface area contributed by atoms with Gasteiger partial charge in [-0.15, -0.1) is 0 Å². The summed E-state index contributed by atoms with van der Waals surface area (Å²) in [6.45, 7) is 4.62. The lowest BCUT2D eigenvalue weighted by atomic mass is 10.1. The van der Waals surface area contributed by atoms with Crippen molar-refractivity contribution in [1.29, 1.82) is 0 Å². The number of amides is 1. The summed E-state index contributed by atoms with van der Waals surface area (Å²) < 4.78 is 11.2. The first-order valence-corrected chi connectivity index (χ1v) is 9.76. The summed E-state index contributed by atoms with van der Waals surface area (Å²) in [6.07, 6.45) is 2.34. The monoisotopic (exact) mass is 366 g/mol. The van der Waals surface area contributed by atoms with Crippen LogP contribution in [-0.4, -0.2) is 50.2 Å². The van der Waals surface area contributed by atoms with Gasteiger partial charge in [-0.3, -0.25) is 4.79 Å². The van der Waals surface area contributed by atoms with E-state index in [2.05, 4.69) is 35.2 Å². The Bertz CT molecular complexity index is 770. The molecule has 2 heterocycles. The van der Waals surface area contributed by atoms with Crippen LogP contribution in [0.1, 0.15) is 18.4 Å².